The van der Waals surface area contributed by atoms with Crippen LogP contribution in [-0.2, 0) is 11.3 Å². The summed E-state index contributed by atoms with van der Waals surface area (Å²) in [6, 6.07) is 15.5. The number of carbonyl (C=O) groups excluding carboxylic acids is 1. The summed E-state index contributed by atoms with van der Waals surface area (Å²) in [4.78, 5) is 23.4. The largest absolute Gasteiger partial charge is 0.514 e. The van der Waals surface area contributed by atoms with Crippen molar-refractivity contribution < 1.29 is 33.0 Å². The Bertz CT molecular complexity index is 1020. The fourth-order valence-electron chi connectivity index (χ4n) is 2.51. The molecule has 7 heteroatoms. The van der Waals surface area contributed by atoms with Crippen molar-refractivity contribution in [3.63, 3.8) is 0 Å². The Labute approximate surface area is 158 Å². The number of halogens is 2. The topological polar surface area (TPSA) is 72.8 Å². The van der Waals surface area contributed by atoms with Gasteiger partial charge in [-0.2, -0.15) is 0 Å². The van der Waals surface area contributed by atoms with Crippen LogP contribution < -0.4 is 4.74 Å². The second-order valence-corrected chi connectivity index (χ2v) is 5.77. The first-order chi connectivity index (χ1) is 13.4. The van der Waals surface area contributed by atoms with Crippen LogP contribution in [0.25, 0.3) is 11.1 Å². The predicted octanol–water partition coefficient (Wildman–Crippen LogP) is 5.05. The monoisotopic (exact) mass is 384 g/mol. The number of benzene rings is 3. The highest BCUT2D eigenvalue weighted by atomic mass is 19.1. The van der Waals surface area contributed by atoms with E-state index in [0.717, 1.165) is 17.7 Å². The van der Waals surface area contributed by atoms with Gasteiger partial charge in [0.25, 0.3) is 0 Å². The second kappa shape index (κ2) is 8.30. The molecule has 0 aliphatic heterocycles. The number of hydrogen-bond donors (Lipinski definition) is 1. The summed E-state index contributed by atoms with van der Waals surface area (Å²) in [5.74, 6) is -3.22. The zero-order chi connectivity index (χ0) is 20.1. The molecule has 28 heavy (non-hydrogen) atoms. The number of carbonyl (C=O) groups is 2. The molecule has 0 bridgehead atoms. The van der Waals surface area contributed by atoms with Gasteiger partial charge in [0.2, 0.25) is 0 Å². The standard InChI is InChI=1S/C21H14F2O5/c22-15-7-8-16(18(23)11-15)14-6-9-19(17(10-14)20(24)25)28-21(26)27-12-13-4-2-1-3-5-13/h1-11H,12H2,(H,24,25). The maximum absolute atomic E-state index is 13.9. The molecule has 0 aromatic heterocycles. The van der Waals surface area contributed by atoms with Gasteiger partial charge in [-0.15, -0.1) is 0 Å². The number of rotatable bonds is 5. The molecule has 0 heterocycles. The normalized spacial score (nSPS) is 10.4. The molecule has 0 radical (unpaired) electrons. The molecule has 0 fully saturated rings. The van der Waals surface area contributed by atoms with E-state index in [0.29, 0.717) is 6.07 Å². The third kappa shape index (κ3) is 4.50. The molecule has 1 N–H and O–H groups in total. The molecule has 3 aromatic rings. The minimum Gasteiger partial charge on any atom is -0.478 e. The Kier molecular flexibility index (Phi) is 5.64. The summed E-state index contributed by atoms with van der Waals surface area (Å²) < 4.78 is 36.9. The van der Waals surface area contributed by atoms with E-state index < -0.39 is 23.8 Å². The third-order valence-corrected chi connectivity index (χ3v) is 3.84. The molecule has 5 nitrogen and oxygen atoms in total. The lowest BCUT2D eigenvalue weighted by Crippen LogP contribution is -2.13. The van der Waals surface area contributed by atoms with Gasteiger partial charge in [0, 0.05) is 11.6 Å². The van der Waals surface area contributed by atoms with Gasteiger partial charge in [-0.05, 0) is 35.4 Å². The van der Waals surface area contributed by atoms with E-state index in [1.807, 2.05) is 6.07 Å². The van der Waals surface area contributed by atoms with Crippen molar-refractivity contribution in [1.29, 1.82) is 0 Å². The lowest BCUT2D eigenvalue weighted by Gasteiger charge is -2.11. The summed E-state index contributed by atoms with van der Waals surface area (Å²) in [6.07, 6.45) is -1.08. The fraction of sp³-hybridized carbons (Fsp3) is 0.0476. The maximum Gasteiger partial charge on any atom is 0.514 e. The molecule has 0 aliphatic rings. The van der Waals surface area contributed by atoms with Crippen molar-refractivity contribution in [2.75, 3.05) is 0 Å². The van der Waals surface area contributed by atoms with Gasteiger partial charge in [0.05, 0.1) is 0 Å². The molecule has 142 valence electrons. The van der Waals surface area contributed by atoms with Crippen molar-refractivity contribution in [1.82, 2.24) is 0 Å². The third-order valence-electron chi connectivity index (χ3n) is 3.84. The van der Waals surface area contributed by atoms with Crippen molar-refractivity contribution in [3.8, 4) is 16.9 Å². The van der Waals surface area contributed by atoms with Gasteiger partial charge < -0.3 is 14.6 Å². The summed E-state index contributed by atoms with van der Waals surface area (Å²) >= 11 is 0. The molecule has 0 aliphatic carbocycles. The predicted molar refractivity (Wildman–Crippen MR) is 96.0 cm³/mol. The summed E-state index contributed by atoms with van der Waals surface area (Å²) in [6.45, 7) is -0.0407. The van der Waals surface area contributed by atoms with Crippen molar-refractivity contribution in [2.24, 2.45) is 0 Å². The quantitative estimate of drug-likeness (QED) is 0.493. The summed E-state index contributed by atoms with van der Waals surface area (Å²) in [5.41, 5.74) is 0.583. The Morgan fingerprint density at radius 2 is 1.68 bits per heavy atom. The van der Waals surface area contributed by atoms with Crippen LogP contribution in [0.1, 0.15) is 15.9 Å². The van der Waals surface area contributed by atoms with Crippen LogP contribution in [0.15, 0.2) is 66.7 Å². The van der Waals surface area contributed by atoms with Crippen LogP contribution in [0.2, 0.25) is 0 Å². The first kappa shape index (κ1) is 19.0. The molecule has 0 saturated carbocycles. The Hall–Kier alpha value is -3.74. The van der Waals surface area contributed by atoms with Crippen LogP contribution in [0.5, 0.6) is 5.75 Å². The van der Waals surface area contributed by atoms with E-state index >= 15 is 0 Å². The van der Waals surface area contributed by atoms with Crippen LogP contribution in [0.3, 0.4) is 0 Å². The minimum absolute atomic E-state index is 0.0158. The Morgan fingerprint density at radius 1 is 0.929 bits per heavy atom. The zero-order valence-electron chi connectivity index (χ0n) is 14.4. The minimum atomic E-state index is -1.38. The van der Waals surface area contributed by atoms with Crippen LogP contribution in [-0.4, -0.2) is 17.2 Å². The zero-order valence-corrected chi connectivity index (χ0v) is 14.4. The lowest BCUT2D eigenvalue weighted by molar-refractivity contribution is 0.0688. The second-order valence-electron chi connectivity index (χ2n) is 5.77. The van der Waals surface area contributed by atoms with Crippen molar-refractivity contribution >= 4 is 12.1 Å². The van der Waals surface area contributed by atoms with Gasteiger partial charge >= 0.3 is 12.1 Å². The fourth-order valence-corrected chi connectivity index (χ4v) is 2.51. The number of carboxylic acid groups (broad SMARTS) is 1. The molecular weight excluding hydrogens is 370 g/mol. The molecular formula is C21H14F2O5. The maximum atomic E-state index is 13.9. The van der Waals surface area contributed by atoms with Crippen LogP contribution >= 0.6 is 0 Å². The number of carboxylic acids is 1. The van der Waals surface area contributed by atoms with Crippen molar-refractivity contribution in [2.45, 2.75) is 6.61 Å². The van der Waals surface area contributed by atoms with E-state index in [1.165, 1.54) is 18.2 Å². The first-order valence-electron chi connectivity index (χ1n) is 8.15. The molecule has 0 spiro atoms. The number of aromatic carboxylic acids is 1. The number of ether oxygens (including phenoxy) is 2. The highest BCUT2D eigenvalue weighted by Gasteiger charge is 2.18. The molecule has 3 rings (SSSR count). The van der Waals surface area contributed by atoms with E-state index in [9.17, 15) is 23.5 Å². The smallest absolute Gasteiger partial charge is 0.478 e. The molecule has 0 atom stereocenters. The van der Waals surface area contributed by atoms with Crippen LogP contribution in [0.4, 0.5) is 13.6 Å². The van der Waals surface area contributed by atoms with E-state index in [1.54, 1.807) is 24.3 Å². The first-order valence-corrected chi connectivity index (χ1v) is 8.15. The molecule has 0 unspecified atom stereocenters. The molecule has 3 aromatic carbocycles. The summed E-state index contributed by atoms with van der Waals surface area (Å²) in [5, 5.41) is 9.39. The SMILES string of the molecule is O=C(OCc1ccccc1)Oc1ccc(-c2ccc(F)cc2F)cc1C(=O)O. The van der Waals surface area contributed by atoms with Gasteiger partial charge in [-0.1, -0.05) is 36.4 Å². The van der Waals surface area contributed by atoms with E-state index in [2.05, 4.69) is 0 Å². The highest BCUT2D eigenvalue weighted by molar-refractivity contribution is 5.93. The van der Waals surface area contributed by atoms with Crippen LogP contribution in [0, 0.1) is 11.6 Å². The molecule has 0 saturated heterocycles. The Morgan fingerprint density at radius 3 is 2.36 bits per heavy atom. The van der Waals surface area contributed by atoms with Gasteiger partial charge in [-0.3, -0.25) is 0 Å². The lowest BCUT2D eigenvalue weighted by atomic mass is 10.0. The van der Waals surface area contributed by atoms with Crippen molar-refractivity contribution in [3.05, 3.63) is 89.5 Å². The van der Waals surface area contributed by atoms with E-state index in [-0.39, 0.29) is 29.0 Å². The van der Waals surface area contributed by atoms with Gasteiger partial charge in [0.1, 0.15) is 29.6 Å². The number of hydrogen-bond acceptors (Lipinski definition) is 4. The van der Waals surface area contributed by atoms with Gasteiger partial charge in [-0.25, -0.2) is 18.4 Å². The summed E-state index contributed by atoms with van der Waals surface area (Å²) in [7, 11) is 0. The average Bonchev–Trinajstić information content (AvgIpc) is 2.67. The Balaban J connectivity index is 1.79. The molecule has 0 amide bonds. The average molecular weight is 384 g/mol. The highest BCUT2D eigenvalue weighted by Crippen LogP contribution is 2.29. The van der Waals surface area contributed by atoms with E-state index in [4.69, 9.17) is 9.47 Å². The van der Waals surface area contributed by atoms with Gasteiger partial charge in [0.15, 0.2) is 0 Å².